The van der Waals surface area contributed by atoms with Crippen molar-refractivity contribution >= 4 is 46.0 Å². The molecule has 4 saturated heterocycles. The number of nitrogens with two attached hydrogens (primary N) is 1. The van der Waals surface area contributed by atoms with Crippen molar-refractivity contribution in [3.05, 3.63) is 127 Å². The van der Waals surface area contributed by atoms with E-state index in [-0.39, 0.29) is 77.9 Å². The number of carboxylic acid groups (broad SMARTS) is 1. The van der Waals surface area contributed by atoms with E-state index in [0.29, 0.717) is 32.4 Å². The van der Waals surface area contributed by atoms with Gasteiger partial charge in [-0.25, -0.2) is 0 Å². The number of likely N-dealkylation sites (tertiary alicyclic amines) is 1. The molecule has 4 fully saturated rings. The number of benzene rings is 4. The number of rotatable bonds is 16. The second-order valence-corrected chi connectivity index (χ2v) is 23.2. The van der Waals surface area contributed by atoms with Crippen LogP contribution in [0.15, 0.2) is 84.9 Å². The summed E-state index contributed by atoms with van der Waals surface area (Å²) in [6, 6.07) is 23.5. The van der Waals surface area contributed by atoms with Crippen molar-refractivity contribution in [2.75, 3.05) is 112 Å². The van der Waals surface area contributed by atoms with E-state index in [9.17, 15) is 61.3 Å². The molecule has 4 aliphatic heterocycles. The van der Waals surface area contributed by atoms with E-state index in [4.69, 9.17) is 0 Å². The summed E-state index contributed by atoms with van der Waals surface area (Å²) in [6.45, 7) is 25.4. The van der Waals surface area contributed by atoms with E-state index < -0.39 is 50.7 Å². The average Bonchev–Trinajstić information content (AvgIpc) is 4.15. The van der Waals surface area contributed by atoms with Gasteiger partial charge in [0.05, 0.1) is 29.0 Å². The fourth-order valence-corrected chi connectivity index (χ4v) is 10.4. The number of quaternary nitrogens is 1. The fraction of sp³-hybridized carbons (Fsp3) is 0.552. The first kappa shape index (κ1) is 69.7. The SMILES string of the molecule is CC(C)(C)c1ccc(N2CCN(CCCC(=O)N3CC[C@@H](Nc4ccc([N+](=O)[O-])c(C(F)(F)F)c4)C3)CC2)cc1.CC(C)(C)c1ccc(N2CCN(CCCC(=O)[O-])CC2)cc1.O=[N+]([O-])c1ccc(N[C@@H]2CC[NH2+]C2)cc1C(F)(F)F.[Cl-].[Li+]. The summed E-state index contributed by atoms with van der Waals surface area (Å²) in [5.41, 5.74) is 1.54. The van der Waals surface area contributed by atoms with E-state index >= 15 is 0 Å². The number of carbonyl (C=O) groups is 2. The number of piperazine rings is 2. The molecule has 1 amide bonds. The minimum absolute atomic E-state index is 0. The van der Waals surface area contributed by atoms with Crippen LogP contribution >= 0.6 is 0 Å². The van der Waals surface area contributed by atoms with Crippen LogP contribution in [0, 0.1) is 20.2 Å². The summed E-state index contributed by atoms with van der Waals surface area (Å²) < 4.78 is 78.1. The van der Waals surface area contributed by atoms with Crippen LogP contribution in [0.2, 0.25) is 0 Å². The van der Waals surface area contributed by atoms with Crippen LogP contribution in [-0.2, 0) is 32.8 Å². The normalized spacial score (nSPS) is 17.9. The van der Waals surface area contributed by atoms with Crippen LogP contribution < -0.4 is 62.1 Å². The maximum atomic E-state index is 13.3. The molecule has 0 spiro atoms. The number of nitrogens with zero attached hydrogens (tertiary/aromatic N) is 7. The zero-order valence-corrected chi connectivity index (χ0v) is 49.3. The van der Waals surface area contributed by atoms with Crippen molar-refractivity contribution in [3.63, 3.8) is 0 Å². The number of nitro groups is 2. The van der Waals surface area contributed by atoms with Gasteiger partial charge in [0, 0.05) is 125 Å². The van der Waals surface area contributed by atoms with Gasteiger partial charge in [0.2, 0.25) is 5.91 Å². The Morgan fingerprint density at radius 2 is 1.00 bits per heavy atom. The van der Waals surface area contributed by atoms with Gasteiger partial charge < -0.3 is 53.0 Å². The van der Waals surface area contributed by atoms with Crippen LogP contribution in [0.3, 0.4) is 0 Å². The molecule has 2 atom stereocenters. The molecule has 0 bridgehead atoms. The quantitative estimate of drug-likeness (QED) is 0.0641. The van der Waals surface area contributed by atoms with E-state index in [1.54, 1.807) is 4.90 Å². The summed E-state index contributed by atoms with van der Waals surface area (Å²) in [4.78, 5) is 54.0. The third kappa shape index (κ3) is 21.3. The van der Waals surface area contributed by atoms with Crippen LogP contribution in [0.5, 0.6) is 0 Å². The van der Waals surface area contributed by atoms with Crippen molar-refractivity contribution in [3.8, 4) is 0 Å². The zero-order valence-electron chi connectivity index (χ0n) is 48.6. The van der Waals surface area contributed by atoms with Crippen LogP contribution in [0.25, 0.3) is 0 Å². The first-order valence-corrected chi connectivity index (χ1v) is 27.7. The van der Waals surface area contributed by atoms with Crippen molar-refractivity contribution in [1.82, 2.24) is 14.7 Å². The Balaban J connectivity index is 0.000000291. The molecule has 0 unspecified atom stereocenters. The third-order valence-corrected chi connectivity index (χ3v) is 15.1. The molecule has 0 aromatic heterocycles. The molecular formula is C58H78ClF6LiN10O7. The number of hydrogen-bond donors (Lipinski definition) is 3. The largest absolute Gasteiger partial charge is 1.00 e. The molecule has 17 nitrogen and oxygen atoms in total. The number of carboxylic acids is 1. The molecule has 0 saturated carbocycles. The minimum Gasteiger partial charge on any atom is -1.00 e. The van der Waals surface area contributed by atoms with Gasteiger partial charge in [0.1, 0.15) is 11.1 Å². The number of alkyl halides is 6. The Bertz CT molecular complexity index is 2730. The predicted molar refractivity (Wildman–Crippen MR) is 300 cm³/mol. The molecule has 4 aromatic rings. The van der Waals surface area contributed by atoms with E-state index in [1.807, 2.05) is 0 Å². The summed E-state index contributed by atoms with van der Waals surface area (Å²) >= 11 is 0. The number of aliphatic carboxylic acids is 1. The molecule has 0 aliphatic carbocycles. The maximum Gasteiger partial charge on any atom is 1.00 e. The van der Waals surface area contributed by atoms with Crippen molar-refractivity contribution < 1.29 is 87.5 Å². The number of anilines is 4. The molecule has 4 aromatic carbocycles. The van der Waals surface area contributed by atoms with Gasteiger partial charge in [-0.1, -0.05) is 65.8 Å². The zero-order chi connectivity index (χ0) is 59.3. The molecule has 4 heterocycles. The van der Waals surface area contributed by atoms with Gasteiger partial charge in [-0.3, -0.25) is 34.8 Å². The molecule has 4 aliphatic rings. The van der Waals surface area contributed by atoms with Gasteiger partial charge in [-0.15, -0.1) is 0 Å². The number of nitrogens with one attached hydrogen (secondary N) is 2. The van der Waals surface area contributed by atoms with Crippen LogP contribution in [0.1, 0.15) is 102 Å². The van der Waals surface area contributed by atoms with Crippen LogP contribution in [-0.4, -0.2) is 140 Å². The van der Waals surface area contributed by atoms with E-state index in [0.717, 1.165) is 116 Å². The first-order valence-electron chi connectivity index (χ1n) is 27.7. The standard InChI is InChI=1S/C29H38F3N5O3.C18H28N2O2.C11H12F3N3O2.ClH.Li/c1-28(2,3)21-6-9-24(10-7-21)35-17-15-34(16-18-35)13-4-5-27(38)36-14-12-23(20-36)33-22-8-11-26(37(39)40)25(19-22)29(30,31)32;1-18(2,3)15-6-8-16(9-7-15)20-13-11-19(12-14-20)10-4-5-17(21)22;12-11(13,14)9-5-7(1-2-10(9)17(18)19)16-8-3-4-15-6-8;;/h6-11,19,23,33H,4-5,12-18,20H2,1-3H3;6-9H,4-5,10-14H2,1-3H3,(H,21,22);1-2,5,8,15-16H,3-4,6H2;1H;/q;;;;+1/p-1/t23-;;8-;;/m1.1../s1. The number of carbonyl (C=O) groups excluding carboxylic acids is 2. The van der Waals surface area contributed by atoms with Crippen molar-refractivity contribution in [2.45, 2.75) is 115 Å². The summed E-state index contributed by atoms with van der Waals surface area (Å²) in [6.07, 6.45) is -6.08. The summed E-state index contributed by atoms with van der Waals surface area (Å²) in [7, 11) is 0. The van der Waals surface area contributed by atoms with E-state index in [2.05, 4.69) is 126 Å². The van der Waals surface area contributed by atoms with Gasteiger partial charge in [0.15, 0.2) is 0 Å². The Labute approximate surface area is 500 Å². The Hall–Kier alpha value is -5.83. The summed E-state index contributed by atoms with van der Waals surface area (Å²) in [5, 5.41) is 40.1. The smallest absolute Gasteiger partial charge is 1.00 e. The van der Waals surface area contributed by atoms with Gasteiger partial charge in [-0.2, -0.15) is 26.3 Å². The number of nitro benzene ring substituents is 2. The Morgan fingerprint density at radius 3 is 1.36 bits per heavy atom. The van der Waals surface area contributed by atoms with Gasteiger partial charge in [0.25, 0.3) is 11.4 Å². The number of amides is 1. The minimum atomic E-state index is -4.83. The molecule has 0 radical (unpaired) electrons. The maximum absolute atomic E-state index is 13.3. The monoisotopic (exact) mass is 1180 g/mol. The number of halogens is 7. The molecule has 25 heteroatoms. The number of hydrogen-bond acceptors (Lipinski definition) is 13. The van der Waals surface area contributed by atoms with Crippen molar-refractivity contribution in [1.29, 1.82) is 0 Å². The van der Waals surface area contributed by atoms with Gasteiger partial charge in [-0.05, 0) is 109 Å². The first-order chi connectivity index (χ1) is 38.0. The molecule has 83 heavy (non-hydrogen) atoms. The summed E-state index contributed by atoms with van der Waals surface area (Å²) in [5.74, 6) is -0.904. The predicted octanol–water partition coefficient (Wildman–Crippen LogP) is 2.53. The molecule has 4 N–H and O–H groups in total. The average molecular weight is 1180 g/mol. The Kier molecular flexibility index (Phi) is 25.9. The second kappa shape index (κ2) is 30.8. The van der Waals surface area contributed by atoms with Crippen molar-refractivity contribution in [2.24, 2.45) is 0 Å². The fourth-order valence-electron chi connectivity index (χ4n) is 10.4. The second-order valence-electron chi connectivity index (χ2n) is 23.2. The molecule has 8 rings (SSSR count). The Morgan fingerprint density at radius 1 is 0.590 bits per heavy atom. The molecule has 452 valence electrons. The molecular weight excluding hydrogens is 1110 g/mol. The van der Waals surface area contributed by atoms with Crippen LogP contribution in [0.4, 0.5) is 60.5 Å². The van der Waals surface area contributed by atoms with E-state index in [1.165, 1.54) is 34.6 Å². The topological polar surface area (TPSA) is 200 Å². The third-order valence-electron chi connectivity index (χ3n) is 15.1. The van der Waals surface area contributed by atoms with Gasteiger partial charge >= 0.3 is 31.2 Å².